The molecule has 0 saturated heterocycles. The first-order valence-corrected chi connectivity index (χ1v) is 12.6. The van der Waals surface area contributed by atoms with Gasteiger partial charge in [-0.3, -0.25) is 0 Å². The number of nitrogens with zero attached hydrogens (tertiary/aromatic N) is 2. The normalized spacial score (nSPS) is 11.2. The molecule has 0 fully saturated rings. The largest absolute Gasteiger partial charge is 0.493 e. The fourth-order valence-electron chi connectivity index (χ4n) is 4.15. The number of H-pyrrole nitrogens is 1. The molecule has 0 spiro atoms. The number of benzene rings is 3. The van der Waals surface area contributed by atoms with E-state index in [1.807, 2.05) is 30.3 Å². The minimum absolute atomic E-state index is 0.544. The Labute approximate surface area is 220 Å². The van der Waals surface area contributed by atoms with Crippen molar-refractivity contribution >= 4 is 27.0 Å². The quantitative estimate of drug-likeness (QED) is 0.232. The molecule has 1 N–H and O–H groups in total. The van der Waals surface area contributed by atoms with Crippen molar-refractivity contribution in [3.05, 3.63) is 64.1 Å². The maximum absolute atomic E-state index is 6.15. The van der Waals surface area contributed by atoms with E-state index in [0.29, 0.717) is 36.1 Å². The minimum atomic E-state index is 0.544. The van der Waals surface area contributed by atoms with E-state index in [1.54, 1.807) is 21.3 Å². The van der Waals surface area contributed by atoms with Gasteiger partial charge in [0.25, 0.3) is 0 Å². The molecule has 0 radical (unpaired) electrons. The summed E-state index contributed by atoms with van der Waals surface area (Å²) in [5, 5.41) is 0. The standard InChI is InChI=1S/C28H32BrN3O4/c1-32(2)11-8-12-36-21-14-19(13-18-9-6-7-10-22(18)29)26-23(17-21)30-28(31-26)20-15-24(33-3)27(35-5)25(16-20)34-4/h6-7,9-10,14-17H,8,11-13H2,1-5H3,(H,30,31). The van der Waals surface area contributed by atoms with Crippen LogP contribution in [0.25, 0.3) is 22.4 Å². The Balaban J connectivity index is 1.77. The van der Waals surface area contributed by atoms with Gasteiger partial charge in [0, 0.05) is 29.1 Å². The van der Waals surface area contributed by atoms with Gasteiger partial charge >= 0.3 is 0 Å². The lowest BCUT2D eigenvalue weighted by atomic mass is 10.0. The van der Waals surface area contributed by atoms with Gasteiger partial charge in [-0.05, 0) is 55.9 Å². The van der Waals surface area contributed by atoms with E-state index in [9.17, 15) is 0 Å². The summed E-state index contributed by atoms with van der Waals surface area (Å²) in [6, 6.07) is 16.1. The summed E-state index contributed by atoms with van der Waals surface area (Å²) in [5.41, 5.74) is 4.90. The fourth-order valence-corrected chi connectivity index (χ4v) is 4.58. The number of rotatable bonds is 11. The lowest BCUT2D eigenvalue weighted by Gasteiger charge is -2.13. The smallest absolute Gasteiger partial charge is 0.203 e. The highest BCUT2D eigenvalue weighted by molar-refractivity contribution is 9.10. The maximum atomic E-state index is 6.15. The van der Waals surface area contributed by atoms with Crippen LogP contribution in [0.2, 0.25) is 0 Å². The third kappa shape index (κ3) is 5.77. The minimum Gasteiger partial charge on any atom is -0.493 e. The van der Waals surface area contributed by atoms with Crippen molar-refractivity contribution in [2.45, 2.75) is 12.8 Å². The fraction of sp³-hybridized carbons (Fsp3) is 0.321. The Morgan fingerprint density at radius 2 is 1.64 bits per heavy atom. The van der Waals surface area contributed by atoms with Gasteiger partial charge in [-0.2, -0.15) is 0 Å². The van der Waals surface area contributed by atoms with Crippen LogP contribution in [0.1, 0.15) is 17.5 Å². The van der Waals surface area contributed by atoms with Gasteiger partial charge in [-0.15, -0.1) is 0 Å². The molecule has 7 nitrogen and oxygen atoms in total. The second-order valence-corrected chi connectivity index (χ2v) is 9.61. The van der Waals surface area contributed by atoms with Crippen molar-refractivity contribution in [1.29, 1.82) is 0 Å². The SMILES string of the molecule is COc1cc(-c2nc3c(Cc4ccccc4Br)cc(OCCCN(C)C)cc3[nH]2)cc(OC)c1OC. The molecule has 0 amide bonds. The molecule has 0 atom stereocenters. The second-order valence-electron chi connectivity index (χ2n) is 8.75. The predicted molar refractivity (Wildman–Crippen MR) is 147 cm³/mol. The van der Waals surface area contributed by atoms with Crippen molar-refractivity contribution in [2.75, 3.05) is 48.6 Å². The zero-order valence-electron chi connectivity index (χ0n) is 21.4. The van der Waals surface area contributed by atoms with E-state index in [0.717, 1.165) is 45.3 Å². The molecule has 1 heterocycles. The number of hydrogen-bond donors (Lipinski definition) is 1. The van der Waals surface area contributed by atoms with Crippen LogP contribution in [0.15, 0.2) is 53.0 Å². The molecule has 190 valence electrons. The molecule has 4 rings (SSSR count). The highest BCUT2D eigenvalue weighted by Gasteiger charge is 2.18. The molecule has 0 unspecified atom stereocenters. The number of nitrogens with one attached hydrogen (secondary N) is 1. The number of halogens is 1. The predicted octanol–water partition coefficient (Wildman–Crippen LogP) is 5.94. The van der Waals surface area contributed by atoms with Crippen LogP contribution in [0.5, 0.6) is 23.0 Å². The Morgan fingerprint density at radius 3 is 2.28 bits per heavy atom. The van der Waals surface area contributed by atoms with Gasteiger partial charge in [0.05, 0.1) is 39.0 Å². The number of aromatic nitrogens is 2. The van der Waals surface area contributed by atoms with Gasteiger partial charge in [-0.25, -0.2) is 4.98 Å². The van der Waals surface area contributed by atoms with Crippen LogP contribution >= 0.6 is 15.9 Å². The summed E-state index contributed by atoms with van der Waals surface area (Å²) in [6.07, 6.45) is 1.66. The first kappa shape index (κ1) is 25.9. The summed E-state index contributed by atoms with van der Waals surface area (Å²) in [7, 11) is 8.94. The third-order valence-corrected chi connectivity index (χ3v) is 6.71. The van der Waals surface area contributed by atoms with Crippen LogP contribution in [-0.4, -0.2) is 63.4 Å². The molecule has 3 aromatic carbocycles. The first-order valence-electron chi connectivity index (χ1n) is 11.8. The Kier molecular flexibility index (Phi) is 8.38. The van der Waals surface area contributed by atoms with Gasteiger partial charge in [-0.1, -0.05) is 34.1 Å². The van der Waals surface area contributed by atoms with Gasteiger partial charge < -0.3 is 28.8 Å². The number of ether oxygens (including phenoxy) is 4. The lowest BCUT2D eigenvalue weighted by Crippen LogP contribution is -2.15. The van der Waals surface area contributed by atoms with Crippen molar-refractivity contribution in [3.63, 3.8) is 0 Å². The molecular weight excluding hydrogens is 522 g/mol. The topological polar surface area (TPSA) is 68.8 Å². The van der Waals surface area contributed by atoms with Gasteiger partial charge in [0.1, 0.15) is 11.6 Å². The van der Waals surface area contributed by atoms with E-state index in [2.05, 4.69) is 58.1 Å². The Bertz CT molecular complexity index is 1310. The van der Waals surface area contributed by atoms with Crippen molar-refractivity contribution < 1.29 is 18.9 Å². The van der Waals surface area contributed by atoms with Crippen LogP contribution in [0.4, 0.5) is 0 Å². The van der Waals surface area contributed by atoms with Crippen molar-refractivity contribution in [3.8, 4) is 34.4 Å². The van der Waals surface area contributed by atoms with E-state index < -0.39 is 0 Å². The number of aromatic amines is 1. The number of methoxy groups -OCH3 is 3. The Morgan fingerprint density at radius 1 is 0.917 bits per heavy atom. The summed E-state index contributed by atoms with van der Waals surface area (Å²) in [5.74, 6) is 3.23. The number of hydrogen-bond acceptors (Lipinski definition) is 6. The molecule has 36 heavy (non-hydrogen) atoms. The maximum Gasteiger partial charge on any atom is 0.203 e. The highest BCUT2D eigenvalue weighted by atomic mass is 79.9. The highest BCUT2D eigenvalue weighted by Crippen LogP contribution is 2.41. The van der Waals surface area contributed by atoms with Crippen LogP contribution in [-0.2, 0) is 6.42 Å². The zero-order valence-corrected chi connectivity index (χ0v) is 22.9. The Hall–Kier alpha value is -3.23. The molecule has 0 aliphatic heterocycles. The van der Waals surface area contributed by atoms with Crippen LogP contribution in [0.3, 0.4) is 0 Å². The molecule has 8 heteroatoms. The molecule has 0 saturated carbocycles. The zero-order chi connectivity index (χ0) is 25.7. The second kappa shape index (κ2) is 11.7. The summed E-state index contributed by atoms with van der Waals surface area (Å²) < 4.78 is 23.8. The molecule has 0 aliphatic carbocycles. The number of imidazole rings is 1. The average molecular weight is 554 g/mol. The van der Waals surface area contributed by atoms with Crippen molar-refractivity contribution in [2.24, 2.45) is 0 Å². The summed E-state index contributed by atoms with van der Waals surface area (Å²) in [4.78, 5) is 10.6. The van der Waals surface area contributed by atoms with E-state index >= 15 is 0 Å². The first-order chi connectivity index (χ1) is 17.4. The molecule has 1 aromatic heterocycles. The van der Waals surface area contributed by atoms with Gasteiger partial charge in [0.2, 0.25) is 5.75 Å². The van der Waals surface area contributed by atoms with Crippen LogP contribution < -0.4 is 18.9 Å². The van der Waals surface area contributed by atoms with E-state index in [1.165, 1.54) is 5.56 Å². The van der Waals surface area contributed by atoms with Gasteiger partial charge in [0.15, 0.2) is 11.5 Å². The summed E-state index contributed by atoms with van der Waals surface area (Å²) >= 11 is 3.68. The number of fused-ring (bicyclic) bond motifs is 1. The van der Waals surface area contributed by atoms with Crippen LogP contribution in [0, 0.1) is 0 Å². The monoisotopic (exact) mass is 553 g/mol. The van der Waals surface area contributed by atoms with Crippen molar-refractivity contribution in [1.82, 2.24) is 14.9 Å². The van der Waals surface area contributed by atoms with E-state index in [4.69, 9.17) is 23.9 Å². The molecular formula is C28H32BrN3O4. The molecule has 0 aliphatic rings. The molecule has 4 aromatic rings. The summed E-state index contributed by atoms with van der Waals surface area (Å²) in [6.45, 7) is 1.62. The molecule has 0 bridgehead atoms. The van der Waals surface area contributed by atoms with E-state index in [-0.39, 0.29) is 0 Å². The average Bonchev–Trinajstić information content (AvgIpc) is 3.31. The lowest BCUT2D eigenvalue weighted by molar-refractivity contribution is 0.281. The third-order valence-electron chi connectivity index (χ3n) is 5.93.